The van der Waals surface area contributed by atoms with Crippen LogP contribution in [0.25, 0.3) is 0 Å². The molecular weight excluding hydrogens is 168 g/mol. The normalized spacial score (nSPS) is 11.3. The molecule has 0 atom stereocenters. The fourth-order valence-corrected chi connectivity index (χ4v) is 0.891. The van der Waals surface area contributed by atoms with Crippen LogP contribution in [0.1, 0.15) is 5.56 Å². The Morgan fingerprint density at radius 2 is 2.38 bits per heavy atom. The van der Waals surface area contributed by atoms with Crippen molar-refractivity contribution in [2.75, 3.05) is 6.61 Å². The zero-order valence-electron chi connectivity index (χ0n) is 7.40. The molecule has 0 aliphatic carbocycles. The maximum Gasteiger partial charge on any atom is 0.177 e. The Kier molecular flexibility index (Phi) is 3.14. The molecule has 13 heavy (non-hydrogen) atoms. The summed E-state index contributed by atoms with van der Waals surface area (Å²) in [4.78, 5) is 0. The van der Waals surface area contributed by atoms with Crippen LogP contribution in [0, 0.1) is 6.92 Å². The largest absolute Gasteiger partial charge is 0.486 e. The SMILES string of the molecule is Cc1cccc(OCC(N)=NO)c1. The van der Waals surface area contributed by atoms with Crippen molar-refractivity contribution in [3.8, 4) is 5.75 Å². The lowest BCUT2D eigenvalue weighted by atomic mass is 10.2. The third kappa shape index (κ3) is 3.02. The summed E-state index contributed by atoms with van der Waals surface area (Å²) in [5.74, 6) is 0.771. The van der Waals surface area contributed by atoms with Crippen molar-refractivity contribution in [2.45, 2.75) is 6.92 Å². The first kappa shape index (κ1) is 9.38. The van der Waals surface area contributed by atoms with Crippen molar-refractivity contribution in [1.29, 1.82) is 0 Å². The van der Waals surface area contributed by atoms with Gasteiger partial charge in [0.05, 0.1) is 0 Å². The van der Waals surface area contributed by atoms with E-state index in [2.05, 4.69) is 5.16 Å². The maximum atomic E-state index is 8.25. The number of benzene rings is 1. The smallest absolute Gasteiger partial charge is 0.177 e. The van der Waals surface area contributed by atoms with Gasteiger partial charge in [0.25, 0.3) is 0 Å². The Morgan fingerprint density at radius 3 is 3.00 bits per heavy atom. The standard InChI is InChI=1S/C9H12N2O2/c1-7-3-2-4-8(5-7)13-6-9(10)11-12/h2-5,12H,6H2,1H3,(H2,10,11). The molecule has 0 radical (unpaired) electrons. The molecule has 0 aliphatic rings. The van der Waals surface area contributed by atoms with Gasteiger partial charge in [-0.05, 0) is 24.6 Å². The Bertz CT molecular complexity index is 310. The van der Waals surface area contributed by atoms with Gasteiger partial charge in [0.2, 0.25) is 0 Å². The molecule has 0 unspecified atom stereocenters. The van der Waals surface area contributed by atoms with E-state index in [0.717, 1.165) is 5.56 Å². The molecule has 0 aromatic heterocycles. The lowest BCUT2D eigenvalue weighted by molar-refractivity contribution is 0.306. The van der Waals surface area contributed by atoms with E-state index in [-0.39, 0.29) is 12.4 Å². The van der Waals surface area contributed by atoms with E-state index in [9.17, 15) is 0 Å². The molecule has 4 nitrogen and oxygen atoms in total. The van der Waals surface area contributed by atoms with E-state index in [0.29, 0.717) is 5.75 Å². The first-order valence-corrected chi connectivity index (χ1v) is 3.88. The van der Waals surface area contributed by atoms with Gasteiger partial charge in [-0.15, -0.1) is 0 Å². The predicted molar refractivity (Wildman–Crippen MR) is 50.1 cm³/mol. The molecule has 4 heteroatoms. The number of ether oxygens (including phenoxy) is 1. The molecular formula is C9H12N2O2. The van der Waals surface area contributed by atoms with Crippen LogP contribution in [0.4, 0.5) is 0 Å². The van der Waals surface area contributed by atoms with Crippen LogP contribution in [-0.4, -0.2) is 17.6 Å². The number of hydrogen-bond acceptors (Lipinski definition) is 3. The number of aryl methyl sites for hydroxylation is 1. The number of oxime groups is 1. The number of nitrogens with zero attached hydrogens (tertiary/aromatic N) is 1. The summed E-state index contributed by atoms with van der Waals surface area (Å²) in [7, 11) is 0. The van der Waals surface area contributed by atoms with Gasteiger partial charge in [0, 0.05) is 0 Å². The molecule has 0 fully saturated rings. The first-order chi connectivity index (χ1) is 6.22. The molecule has 0 aliphatic heterocycles. The Balaban J connectivity index is 2.55. The van der Waals surface area contributed by atoms with E-state index < -0.39 is 0 Å². The second-order valence-corrected chi connectivity index (χ2v) is 2.70. The monoisotopic (exact) mass is 180 g/mol. The van der Waals surface area contributed by atoms with Crippen molar-refractivity contribution in [3.05, 3.63) is 29.8 Å². The van der Waals surface area contributed by atoms with E-state index >= 15 is 0 Å². The molecule has 70 valence electrons. The summed E-state index contributed by atoms with van der Waals surface area (Å²) in [6.45, 7) is 2.07. The molecule has 0 saturated heterocycles. The van der Waals surface area contributed by atoms with Gasteiger partial charge in [-0.25, -0.2) is 0 Å². The zero-order chi connectivity index (χ0) is 9.68. The molecule has 0 saturated carbocycles. The van der Waals surface area contributed by atoms with Crippen LogP contribution in [0.15, 0.2) is 29.4 Å². The van der Waals surface area contributed by atoms with E-state index in [1.54, 1.807) is 0 Å². The molecule has 1 aromatic carbocycles. The molecule has 0 heterocycles. The van der Waals surface area contributed by atoms with Gasteiger partial charge in [-0.2, -0.15) is 0 Å². The average molecular weight is 180 g/mol. The summed E-state index contributed by atoms with van der Waals surface area (Å²) >= 11 is 0. The van der Waals surface area contributed by atoms with Crippen molar-refractivity contribution >= 4 is 5.84 Å². The highest BCUT2D eigenvalue weighted by Gasteiger charge is 1.95. The zero-order valence-corrected chi connectivity index (χ0v) is 7.40. The average Bonchev–Trinajstić information content (AvgIpc) is 2.14. The van der Waals surface area contributed by atoms with E-state index in [1.807, 2.05) is 31.2 Å². The molecule has 1 aromatic rings. The highest BCUT2D eigenvalue weighted by molar-refractivity contribution is 5.81. The van der Waals surface area contributed by atoms with Gasteiger partial charge < -0.3 is 15.7 Å². The topological polar surface area (TPSA) is 67.8 Å². The Labute approximate surface area is 76.6 Å². The summed E-state index contributed by atoms with van der Waals surface area (Å²) in [5, 5.41) is 11.0. The summed E-state index contributed by atoms with van der Waals surface area (Å²) in [6, 6.07) is 7.55. The molecule has 0 spiro atoms. The van der Waals surface area contributed by atoms with Gasteiger partial charge in [-0.3, -0.25) is 0 Å². The lowest BCUT2D eigenvalue weighted by Crippen LogP contribution is -2.20. The summed E-state index contributed by atoms with van der Waals surface area (Å²) < 4.78 is 5.22. The second-order valence-electron chi connectivity index (χ2n) is 2.70. The fourth-order valence-electron chi connectivity index (χ4n) is 0.891. The van der Waals surface area contributed by atoms with Crippen LogP contribution < -0.4 is 10.5 Å². The number of hydrogen-bond donors (Lipinski definition) is 2. The first-order valence-electron chi connectivity index (χ1n) is 3.88. The molecule has 3 N–H and O–H groups in total. The Morgan fingerprint density at radius 1 is 1.62 bits per heavy atom. The van der Waals surface area contributed by atoms with Crippen LogP contribution in [0.5, 0.6) is 5.75 Å². The van der Waals surface area contributed by atoms with Gasteiger partial charge >= 0.3 is 0 Å². The predicted octanol–water partition coefficient (Wildman–Crippen LogP) is 1.12. The fraction of sp³-hybridized carbons (Fsp3) is 0.222. The minimum atomic E-state index is 0.0570. The third-order valence-electron chi connectivity index (χ3n) is 1.50. The molecule has 0 bridgehead atoms. The van der Waals surface area contributed by atoms with Crippen molar-refractivity contribution in [2.24, 2.45) is 10.9 Å². The van der Waals surface area contributed by atoms with Crippen molar-refractivity contribution in [3.63, 3.8) is 0 Å². The maximum absolute atomic E-state index is 8.25. The molecule has 0 amide bonds. The van der Waals surface area contributed by atoms with Crippen LogP contribution in [-0.2, 0) is 0 Å². The highest BCUT2D eigenvalue weighted by Crippen LogP contribution is 2.11. The third-order valence-corrected chi connectivity index (χ3v) is 1.50. The summed E-state index contributed by atoms with van der Waals surface area (Å²) in [5.41, 5.74) is 6.34. The van der Waals surface area contributed by atoms with Crippen LogP contribution in [0.3, 0.4) is 0 Å². The van der Waals surface area contributed by atoms with Gasteiger partial charge in [0.15, 0.2) is 5.84 Å². The lowest BCUT2D eigenvalue weighted by Gasteiger charge is -2.04. The van der Waals surface area contributed by atoms with Gasteiger partial charge in [-0.1, -0.05) is 17.3 Å². The molecule has 1 rings (SSSR count). The van der Waals surface area contributed by atoms with Crippen molar-refractivity contribution < 1.29 is 9.94 Å². The number of amidine groups is 1. The number of rotatable bonds is 3. The van der Waals surface area contributed by atoms with Crippen LogP contribution >= 0.6 is 0 Å². The minimum Gasteiger partial charge on any atom is -0.486 e. The Hall–Kier alpha value is -1.71. The highest BCUT2D eigenvalue weighted by atomic mass is 16.5. The number of nitrogens with two attached hydrogens (primary N) is 1. The van der Waals surface area contributed by atoms with E-state index in [4.69, 9.17) is 15.7 Å². The summed E-state index contributed by atoms with van der Waals surface area (Å²) in [6.07, 6.45) is 0. The minimum absolute atomic E-state index is 0.0570. The van der Waals surface area contributed by atoms with Crippen molar-refractivity contribution in [1.82, 2.24) is 0 Å². The van der Waals surface area contributed by atoms with Gasteiger partial charge in [0.1, 0.15) is 12.4 Å². The second kappa shape index (κ2) is 4.35. The van der Waals surface area contributed by atoms with Crippen LogP contribution in [0.2, 0.25) is 0 Å². The van der Waals surface area contributed by atoms with E-state index in [1.165, 1.54) is 0 Å². The quantitative estimate of drug-likeness (QED) is 0.317.